The summed E-state index contributed by atoms with van der Waals surface area (Å²) in [6.07, 6.45) is 1.50. The maximum atomic E-state index is 11.4. The number of pyridine rings is 1. The van der Waals surface area contributed by atoms with E-state index in [1.54, 1.807) is 12.1 Å². The summed E-state index contributed by atoms with van der Waals surface area (Å²) >= 11 is 1.49. The Kier molecular flexibility index (Phi) is 4.39. The Balaban J connectivity index is 2.15. The molecule has 0 aliphatic heterocycles. The molecule has 2 aromatic rings. The average molecular weight is 272 g/mol. The Morgan fingerprint density at radius 1 is 1.26 bits per heavy atom. The van der Waals surface area contributed by atoms with Crippen molar-refractivity contribution in [1.29, 1.82) is 0 Å². The number of carbonyl (C=O) groups excluding carboxylic acids is 1. The summed E-state index contributed by atoms with van der Waals surface area (Å²) < 4.78 is 0. The molecule has 0 saturated heterocycles. The zero-order valence-corrected chi connectivity index (χ0v) is 10.4. The maximum Gasteiger partial charge on any atom is 0.368 e. The van der Waals surface area contributed by atoms with Gasteiger partial charge >= 0.3 is 5.97 Å². The lowest BCUT2D eigenvalue weighted by Gasteiger charge is -2.02. The van der Waals surface area contributed by atoms with Crippen LogP contribution in [0, 0.1) is 0 Å². The fraction of sp³-hybridized carbons (Fsp3) is 0. The fourth-order valence-electron chi connectivity index (χ4n) is 1.31. The second kappa shape index (κ2) is 6.44. The normalized spacial score (nSPS) is 9.47. The summed E-state index contributed by atoms with van der Waals surface area (Å²) in [5, 5.41) is 2.75. The molecule has 0 N–H and O–H groups in total. The lowest BCUT2D eigenvalue weighted by atomic mass is 10.3. The largest absolute Gasteiger partial charge is 0.368 e. The number of azide groups is 1. The minimum Gasteiger partial charge on any atom is -0.354 e. The summed E-state index contributed by atoms with van der Waals surface area (Å²) in [7, 11) is 0. The molecule has 0 amide bonds. The highest BCUT2D eigenvalue weighted by Crippen LogP contribution is 2.27. The fourth-order valence-corrected chi connectivity index (χ4v) is 2.18. The Hall–Kier alpha value is -2.50. The zero-order chi connectivity index (χ0) is 13.5. The van der Waals surface area contributed by atoms with E-state index >= 15 is 0 Å². The molecule has 0 bridgehead atoms. The Labute approximate surface area is 113 Å². The van der Waals surface area contributed by atoms with Crippen molar-refractivity contribution in [2.24, 2.45) is 5.28 Å². The number of hydrogen-bond acceptors (Lipinski definition) is 5. The van der Waals surface area contributed by atoms with Gasteiger partial charge in [-0.1, -0.05) is 30.0 Å². The van der Waals surface area contributed by atoms with E-state index in [0.29, 0.717) is 0 Å². The van der Waals surface area contributed by atoms with Crippen molar-refractivity contribution in [3.63, 3.8) is 0 Å². The SMILES string of the molecule is [N-]=[N+]=NOC(=O)c1cc(Sc2ccccc2)ccn1. The molecule has 1 aromatic carbocycles. The van der Waals surface area contributed by atoms with E-state index in [9.17, 15) is 4.79 Å². The van der Waals surface area contributed by atoms with E-state index in [0.717, 1.165) is 9.79 Å². The van der Waals surface area contributed by atoms with Gasteiger partial charge in [-0.05, 0) is 29.8 Å². The predicted molar refractivity (Wildman–Crippen MR) is 69.4 cm³/mol. The molecule has 0 unspecified atom stereocenters. The van der Waals surface area contributed by atoms with Gasteiger partial charge < -0.3 is 4.84 Å². The zero-order valence-electron chi connectivity index (χ0n) is 9.63. The van der Waals surface area contributed by atoms with Gasteiger partial charge in [0.05, 0.1) is 0 Å². The first kappa shape index (κ1) is 12.9. The van der Waals surface area contributed by atoms with Crippen molar-refractivity contribution in [3.8, 4) is 0 Å². The summed E-state index contributed by atoms with van der Waals surface area (Å²) in [6.45, 7) is 0. The third kappa shape index (κ3) is 3.74. The second-order valence-corrected chi connectivity index (χ2v) is 4.49. The Morgan fingerprint density at radius 2 is 2.05 bits per heavy atom. The van der Waals surface area contributed by atoms with E-state index in [-0.39, 0.29) is 5.69 Å². The van der Waals surface area contributed by atoms with Crippen molar-refractivity contribution >= 4 is 17.7 Å². The Morgan fingerprint density at radius 3 is 2.79 bits per heavy atom. The van der Waals surface area contributed by atoms with E-state index in [4.69, 9.17) is 5.53 Å². The van der Waals surface area contributed by atoms with Crippen LogP contribution in [0.25, 0.3) is 10.4 Å². The van der Waals surface area contributed by atoms with Gasteiger partial charge in [0, 0.05) is 20.9 Å². The summed E-state index contributed by atoms with van der Waals surface area (Å²) in [6, 6.07) is 13.1. The van der Waals surface area contributed by atoms with Crippen LogP contribution < -0.4 is 0 Å². The van der Waals surface area contributed by atoms with E-state index in [1.807, 2.05) is 30.3 Å². The van der Waals surface area contributed by atoms with Crippen molar-refractivity contribution in [2.45, 2.75) is 9.79 Å². The van der Waals surface area contributed by atoms with Gasteiger partial charge in [0.2, 0.25) is 0 Å². The van der Waals surface area contributed by atoms with E-state index < -0.39 is 5.97 Å². The average Bonchev–Trinajstić information content (AvgIpc) is 2.46. The van der Waals surface area contributed by atoms with E-state index in [1.165, 1.54) is 18.0 Å². The molecule has 0 aliphatic rings. The summed E-state index contributed by atoms with van der Waals surface area (Å²) in [5.74, 6) is -0.784. The lowest BCUT2D eigenvalue weighted by molar-refractivity contribution is 0.0499. The number of carbonyl (C=O) groups is 1. The quantitative estimate of drug-likeness (QED) is 0.368. The summed E-state index contributed by atoms with van der Waals surface area (Å²) in [5.41, 5.74) is 8.16. The topological polar surface area (TPSA) is 88.0 Å². The molecule has 0 aliphatic carbocycles. The first-order valence-electron chi connectivity index (χ1n) is 5.24. The van der Waals surface area contributed by atoms with Crippen LogP contribution >= 0.6 is 11.8 Å². The maximum absolute atomic E-state index is 11.4. The van der Waals surface area contributed by atoms with Gasteiger partial charge in [-0.2, -0.15) is 0 Å². The van der Waals surface area contributed by atoms with Gasteiger partial charge in [-0.15, -0.1) is 0 Å². The van der Waals surface area contributed by atoms with Crippen LogP contribution in [-0.4, -0.2) is 11.0 Å². The molecule has 1 aromatic heterocycles. The van der Waals surface area contributed by atoms with Crippen molar-refractivity contribution < 1.29 is 9.63 Å². The molecule has 0 radical (unpaired) electrons. The van der Waals surface area contributed by atoms with Crippen LogP contribution in [0.15, 0.2) is 63.7 Å². The molecule has 1 heterocycles. The monoisotopic (exact) mass is 272 g/mol. The number of aromatic nitrogens is 1. The van der Waals surface area contributed by atoms with Crippen LogP contribution in [0.3, 0.4) is 0 Å². The van der Waals surface area contributed by atoms with Crippen molar-refractivity contribution in [1.82, 2.24) is 4.98 Å². The number of rotatable bonds is 4. The number of hydrogen-bond donors (Lipinski definition) is 0. The van der Waals surface area contributed by atoms with Crippen LogP contribution in [0.4, 0.5) is 0 Å². The molecule has 0 fully saturated rings. The smallest absolute Gasteiger partial charge is 0.354 e. The third-order valence-electron chi connectivity index (χ3n) is 2.08. The molecule has 7 heteroatoms. The first-order valence-corrected chi connectivity index (χ1v) is 6.06. The number of benzene rings is 1. The molecule has 94 valence electrons. The van der Waals surface area contributed by atoms with Crippen LogP contribution in [0.1, 0.15) is 10.5 Å². The minimum atomic E-state index is -0.784. The van der Waals surface area contributed by atoms with Crippen molar-refractivity contribution in [2.75, 3.05) is 0 Å². The Bertz CT molecular complexity index is 627. The van der Waals surface area contributed by atoms with Crippen molar-refractivity contribution in [3.05, 3.63) is 64.8 Å². The van der Waals surface area contributed by atoms with Gasteiger partial charge in [0.25, 0.3) is 0 Å². The highest BCUT2D eigenvalue weighted by atomic mass is 32.2. The first-order chi connectivity index (χ1) is 9.29. The van der Waals surface area contributed by atoms with Crippen LogP contribution in [-0.2, 0) is 4.84 Å². The predicted octanol–water partition coefficient (Wildman–Crippen LogP) is 3.61. The second-order valence-electron chi connectivity index (χ2n) is 3.34. The van der Waals surface area contributed by atoms with E-state index in [2.05, 4.69) is 20.0 Å². The number of nitrogens with zero attached hydrogens (tertiary/aromatic N) is 4. The molecular weight excluding hydrogens is 264 g/mol. The van der Waals surface area contributed by atoms with Crippen LogP contribution in [0.2, 0.25) is 0 Å². The lowest BCUT2D eigenvalue weighted by Crippen LogP contribution is -2.02. The highest BCUT2D eigenvalue weighted by molar-refractivity contribution is 7.99. The standard InChI is InChI=1S/C12H8N4O2S/c13-15-16-18-12(17)11-8-10(6-7-14-11)19-9-4-2-1-3-5-9/h1-8H. The molecule has 2 rings (SSSR count). The van der Waals surface area contributed by atoms with Gasteiger partial charge in [0.15, 0.2) is 0 Å². The molecular formula is C12H8N4O2S. The van der Waals surface area contributed by atoms with Crippen LogP contribution in [0.5, 0.6) is 0 Å². The highest BCUT2D eigenvalue weighted by Gasteiger charge is 2.09. The molecule has 0 atom stereocenters. The third-order valence-corrected chi connectivity index (χ3v) is 3.08. The summed E-state index contributed by atoms with van der Waals surface area (Å²) in [4.78, 5) is 23.8. The van der Waals surface area contributed by atoms with Gasteiger partial charge in [-0.25, -0.2) is 9.78 Å². The molecule has 6 nitrogen and oxygen atoms in total. The minimum absolute atomic E-state index is 0.0910. The molecule has 0 saturated carbocycles. The molecule has 0 spiro atoms. The van der Waals surface area contributed by atoms with Gasteiger partial charge in [-0.3, -0.25) is 0 Å². The molecule has 19 heavy (non-hydrogen) atoms. The van der Waals surface area contributed by atoms with Gasteiger partial charge in [0.1, 0.15) is 11.0 Å².